The molecule has 1 amide bonds. The van der Waals surface area contributed by atoms with Gasteiger partial charge in [-0.1, -0.05) is 39.0 Å². The second kappa shape index (κ2) is 6.02. The predicted octanol–water partition coefficient (Wildman–Crippen LogP) is 4.13. The molecule has 1 aromatic heterocycles. The number of rotatable bonds is 2. The lowest BCUT2D eigenvalue weighted by atomic mass is 9.50. The van der Waals surface area contributed by atoms with Crippen molar-refractivity contribution in [2.24, 2.45) is 5.41 Å². The molecule has 5 rings (SSSR count). The monoisotopic (exact) mass is 387 g/mol. The van der Waals surface area contributed by atoms with Crippen LogP contribution >= 0.6 is 0 Å². The summed E-state index contributed by atoms with van der Waals surface area (Å²) < 4.78 is 0. The van der Waals surface area contributed by atoms with Gasteiger partial charge in [-0.2, -0.15) is 0 Å². The minimum absolute atomic E-state index is 0.0415. The van der Waals surface area contributed by atoms with Gasteiger partial charge in [0.15, 0.2) is 0 Å². The number of H-pyrrole nitrogens is 1. The van der Waals surface area contributed by atoms with Gasteiger partial charge in [-0.05, 0) is 47.6 Å². The fraction of sp³-hybridized carbons (Fsp3) is 0.375. The molecule has 1 N–H and O–H groups in total. The fourth-order valence-corrected chi connectivity index (χ4v) is 5.56. The standard InChI is InChI=1S/C24H25N3O2/c1-23(2)21-12-17-16(13-28)5-4-6-18(17)24(23,3)9-10-27(21)22(29)15-7-8-19-20(11-15)26-14-25-19/h4-8,11,13-14,21H,9-10,12H2,1-3H3,(H,25,26)/t21?,24-/m0/s1. The van der Waals surface area contributed by atoms with Crippen LogP contribution in [0.2, 0.25) is 0 Å². The van der Waals surface area contributed by atoms with Gasteiger partial charge in [-0.15, -0.1) is 0 Å². The van der Waals surface area contributed by atoms with Crippen LogP contribution in [0.1, 0.15) is 59.0 Å². The van der Waals surface area contributed by atoms with Crippen molar-refractivity contribution in [1.82, 2.24) is 14.9 Å². The van der Waals surface area contributed by atoms with Gasteiger partial charge < -0.3 is 9.88 Å². The summed E-state index contributed by atoms with van der Waals surface area (Å²) in [5.41, 5.74) is 5.36. The third-order valence-electron chi connectivity index (χ3n) is 7.74. The highest BCUT2D eigenvalue weighted by molar-refractivity contribution is 5.97. The van der Waals surface area contributed by atoms with Crippen LogP contribution in [0, 0.1) is 5.41 Å². The molecule has 3 aromatic rings. The average Bonchev–Trinajstić information content (AvgIpc) is 3.17. The summed E-state index contributed by atoms with van der Waals surface area (Å²) in [7, 11) is 0. The molecule has 2 aliphatic rings. The third-order valence-corrected chi connectivity index (χ3v) is 7.74. The maximum Gasteiger partial charge on any atom is 0.254 e. The molecule has 1 aliphatic heterocycles. The second-order valence-electron chi connectivity index (χ2n) is 9.15. The van der Waals surface area contributed by atoms with Crippen LogP contribution in [0.5, 0.6) is 0 Å². The summed E-state index contributed by atoms with van der Waals surface area (Å²) in [4.78, 5) is 34.6. The van der Waals surface area contributed by atoms with Gasteiger partial charge in [0.05, 0.1) is 17.4 Å². The molecule has 5 heteroatoms. The Morgan fingerprint density at radius 1 is 1.24 bits per heavy atom. The van der Waals surface area contributed by atoms with E-state index in [4.69, 9.17) is 0 Å². The number of imidazole rings is 1. The average molecular weight is 387 g/mol. The molecule has 2 aromatic carbocycles. The Bertz CT molecular complexity index is 1150. The van der Waals surface area contributed by atoms with Crippen molar-refractivity contribution >= 4 is 23.2 Å². The molecule has 148 valence electrons. The number of benzene rings is 2. The lowest BCUT2D eigenvalue weighted by Crippen LogP contribution is -2.65. The van der Waals surface area contributed by atoms with Crippen LogP contribution in [0.4, 0.5) is 0 Å². The molecule has 1 unspecified atom stereocenters. The number of aromatic amines is 1. The largest absolute Gasteiger partial charge is 0.345 e. The maximum atomic E-state index is 13.5. The smallest absolute Gasteiger partial charge is 0.254 e. The molecule has 0 spiro atoms. The molecule has 2 heterocycles. The van der Waals surface area contributed by atoms with Gasteiger partial charge in [0.25, 0.3) is 5.91 Å². The Hall–Kier alpha value is -2.95. The molecular formula is C24H25N3O2. The molecule has 0 radical (unpaired) electrons. The number of carbonyl (C=O) groups is 2. The van der Waals surface area contributed by atoms with Gasteiger partial charge in [-0.25, -0.2) is 4.98 Å². The van der Waals surface area contributed by atoms with Crippen LogP contribution in [0.25, 0.3) is 11.0 Å². The second-order valence-corrected chi connectivity index (χ2v) is 9.15. The quantitative estimate of drug-likeness (QED) is 0.673. The van der Waals surface area contributed by atoms with Crippen molar-refractivity contribution in [2.75, 3.05) is 6.54 Å². The number of piperidine rings is 1. The lowest BCUT2D eigenvalue weighted by Gasteiger charge is -2.61. The first-order valence-electron chi connectivity index (χ1n) is 10.2. The van der Waals surface area contributed by atoms with Crippen molar-refractivity contribution in [3.05, 3.63) is 65.0 Å². The van der Waals surface area contributed by atoms with E-state index in [0.717, 1.165) is 41.4 Å². The van der Waals surface area contributed by atoms with Gasteiger partial charge in [0, 0.05) is 29.1 Å². The first-order valence-corrected chi connectivity index (χ1v) is 10.2. The summed E-state index contributed by atoms with van der Waals surface area (Å²) in [6, 6.07) is 11.7. The van der Waals surface area contributed by atoms with E-state index in [2.05, 4.69) is 36.8 Å². The SMILES string of the molecule is CC1(C)C2Cc3c(C=O)cccc3[C@]1(C)CCN2C(=O)c1ccc2nc[nH]c2c1. The molecule has 1 saturated heterocycles. The number of fused-ring (bicyclic) bond motifs is 5. The zero-order chi connectivity index (χ0) is 20.4. The first-order chi connectivity index (χ1) is 13.9. The Kier molecular flexibility index (Phi) is 3.76. The van der Waals surface area contributed by atoms with Crippen molar-refractivity contribution in [2.45, 2.75) is 45.1 Å². The topological polar surface area (TPSA) is 66.1 Å². The van der Waals surface area contributed by atoms with E-state index in [0.29, 0.717) is 12.0 Å². The van der Waals surface area contributed by atoms with E-state index in [1.807, 2.05) is 35.2 Å². The fourth-order valence-electron chi connectivity index (χ4n) is 5.56. The molecule has 2 atom stereocenters. The minimum Gasteiger partial charge on any atom is -0.345 e. The zero-order valence-corrected chi connectivity index (χ0v) is 17.0. The number of nitrogens with one attached hydrogen (secondary N) is 1. The summed E-state index contributed by atoms with van der Waals surface area (Å²) in [5, 5.41) is 0. The Labute approximate surface area is 170 Å². The Morgan fingerprint density at radius 2 is 2.07 bits per heavy atom. The summed E-state index contributed by atoms with van der Waals surface area (Å²) in [6.45, 7) is 7.55. The molecule has 0 saturated carbocycles. The number of hydrogen-bond acceptors (Lipinski definition) is 3. The maximum absolute atomic E-state index is 13.5. The third kappa shape index (κ3) is 2.36. The van der Waals surface area contributed by atoms with E-state index in [1.54, 1.807) is 6.33 Å². The predicted molar refractivity (Wildman–Crippen MR) is 112 cm³/mol. The van der Waals surface area contributed by atoms with Crippen LogP contribution in [-0.4, -0.2) is 39.6 Å². The van der Waals surface area contributed by atoms with Crippen LogP contribution in [0.15, 0.2) is 42.7 Å². The zero-order valence-electron chi connectivity index (χ0n) is 17.0. The minimum atomic E-state index is -0.104. The van der Waals surface area contributed by atoms with Crippen LogP contribution < -0.4 is 0 Å². The molecule has 1 aliphatic carbocycles. The molecule has 2 bridgehead atoms. The number of amides is 1. The lowest BCUT2D eigenvalue weighted by molar-refractivity contribution is -0.0262. The highest BCUT2D eigenvalue weighted by Crippen LogP contribution is 2.56. The van der Waals surface area contributed by atoms with E-state index >= 15 is 0 Å². The van der Waals surface area contributed by atoms with E-state index in [1.165, 1.54) is 5.56 Å². The summed E-state index contributed by atoms with van der Waals surface area (Å²) >= 11 is 0. The van der Waals surface area contributed by atoms with Gasteiger partial charge in [-0.3, -0.25) is 9.59 Å². The van der Waals surface area contributed by atoms with Crippen molar-refractivity contribution < 1.29 is 9.59 Å². The summed E-state index contributed by atoms with van der Waals surface area (Å²) in [6.07, 6.45) is 4.19. The van der Waals surface area contributed by atoms with Crippen molar-refractivity contribution in [3.63, 3.8) is 0 Å². The molecule has 29 heavy (non-hydrogen) atoms. The van der Waals surface area contributed by atoms with Gasteiger partial charge in [0.1, 0.15) is 6.29 Å². The number of nitrogens with zero attached hydrogens (tertiary/aromatic N) is 2. The molecular weight excluding hydrogens is 362 g/mol. The van der Waals surface area contributed by atoms with E-state index < -0.39 is 0 Å². The molecule has 5 nitrogen and oxygen atoms in total. The number of aromatic nitrogens is 2. The van der Waals surface area contributed by atoms with E-state index in [9.17, 15) is 9.59 Å². The Morgan fingerprint density at radius 3 is 2.86 bits per heavy atom. The van der Waals surface area contributed by atoms with E-state index in [-0.39, 0.29) is 22.8 Å². The number of hydrogen-bond donors (Lipinski definition) is 1. The summed E-state index contributed by atoms with van der Waals surface area (Å²) in [5.74, 6) is 0.0497. The van der Waals surface area contributed by atoms with Gasteiger partial charge in [0.2, 0.25) is 0 Å². The Balaban J connectivity index is 1.59. The van der Waals surface area contributed by atoms with Crippen LogP contribution in [0.3, 0.4) is 0 Å². The van der Waals surface area contributed by atoms with Gasteiger partial charge >= 0.3 is 0 Å². The normalized spacial score (nSPS) is 24.9. The van der Waals surface area contributed by atoms with Crippen molar-refractivity contribution in [3.8, 4) is 0 Å². The number of carbonyl (C=O) groups excluding carboxylic acids is 2. The van der Waals surface area contributed by atoms with Crippen molar-refractivity contribution in [1.29, 1.82) is 0 Å². The number of likely N-dealkylation sites (tertiary alicyclic amines) is 1. The molecule has 1 fully saturated rings. The van der Waals surface area contributed by atoms with Crippen LogP contribution in [-0.2, 0) is 11.8 Å². The number of aldehydes is 1. The first kappa shape index (κ1) is 18.1. The highest BCUT2D eigenvalue weighted by Gasteiger charge is 2.57. The highest BCUT2D eigenvalue weighted by atomic mass is 16.2.